The van der Waals surface area contributed by atoms with Crippen LogP contribution in [0.5, 0.6) is 0 Å². The fraction of sp³-hybridized carbons (Fsp3) is 0.395. The van der Waals surface area contributed by atoms with Crippen LogP contribution in [0, 0.1) is 5.92 Å². The van der Waals surface area contributed by atoms with Crippen LogP contribution in [0.15, 0.2) is 104 Å². The van der Waals surface area contributed by atoms with Gasteiger partial charge in [-0.3, -0.25) is 4.90 Å². The maximum atomic E-state index is 4.03. The van der Waals surface area contributed by atoms with Gasteiger partial charge >= 0.3 is 0 Å². The molecule has 7 rings (SSSR count). The molecule has 47 heavy (non-hydrogen) atoms. The third-order valence-electron chi connectivity index (χ3n) is 11.1. The van der Waals surface area contributed by atoms with Gasteiger partial charge in [0.2, 0.25) is 0 Å². The minimum Gasteiger partial charge on any atom is -0.372 e. The van der Waals surface area contributed by atoms with Crippen molar-refractivity contribution in [3.63, 3.8) is 0 Å². The molecule has 2 aliphatic heterocycles. The third-order valence-corrected chi connectivity index (χ3v) is 11.1. The van der Waals surface area contributed by atoms with Gasteiger partial charge in [-0.2, -0.15) is 0 Å². The minimum absolute atomic E-state index is 0.411. The van der Waals surface area contributed by atoms with Crippen LogP contribution in [0.2, 0.25) is 0 Å². The van der Waals surface area contributed by atoms with Crippen molar-refractivity contribution < 1.29 is 0 Å². The second kappa shape index (κ2) is 14.5. The first-order valence-electron chi connectivity index (χ1n) is 17.9. The fourth-order valence-electron chi connectivity index (χ4n) is 8.52. The molecule has 0 amide bonds. The molecule has 2 unspecified atom stereocenters. The third kappa shape index (κ3) is 7.20. The zero-order chi connectivity index (χ0) is 32.2. The molecule has 2 atom stereocenters. The first-order chi connectivity index (χ1) is 23.1. The highest BCUT2D eigenvalue weighted by atomic mass is 15.3. The van der Waals surface area contributed by atoms with Gasteiger partial charge in [0.25, 0.3) is 0 Å². The average molecular weight is 625 g/mol. The molecule has 4 nitrogen and oxygen atoms in total. The summed E-state index contributed by atoms with van der Waals surface area (Å²) in [4.78, 5) is 10.2. The summed E-state index contributed by atoms with van der Waals surface area (Å²) in [6, 6.07) is 36.9. The van der Waals surface area contributed by atoms with E-state index in [0.717, 1.165) is 58.2 Å². The maximum absolute atomic E-state index is 4.03. The molecular weight excluding hydrogens is 573 g/mol. The monoisotopic (exact) mass is 624 g/mol. The Hall–Kier alpha value is -3.86. The van der Waals surface area contributed by atoms with Gasteiger partial charge in [0.05, 0.1) is 0 Å². The van der Waals surface area contributed by atoms with Gasteiger partial charge in [0.15, 0.2) is 0 Å². The van der Waals surface area contributed by atoms with Crippen LogP contribution in [-0.4, -0.2) is 69.7 Å². The van der Waals surface area contributed by atoms with E-state index in [9.17, 15) is 0 Å². The number of anilines is 2. The largest absolute Gasteiger partial charge is 0.372 e. The van der Waals surface area contributed by atoms with Crippen molar-refractivity contribution in [2.45, 2.75) is 44.1 Å². The van der Waals surface area contributed by atoms with Gasteiger partial charge in [-0.1, -0.05) is 85.5 Å². The van der Waals surface area contributed by atoms with E-state index in [1.807, 2.05) is 6.08 Å². The summed E-state index contributed by atoms with van der Waals surface area (Å²) in [7, 11) is 4.27. The molecule has 0 spiro atoms. The lowest BCUT2D eigenvalue weighted by molar-refractivity contribution is 0.201. The molecule has 4 heteroatoms. The summed E-state index contributed by atoms with van der Waals surface area (Å²) in [5, 5.41) is 0. The van der Waals surface area contributed by atoms with Crippen LogP contribution >= 0.6 is 0 Å². The number of nitrogens with zero attached hydrogens (tertiary/aromatic N) is 4. The van der Waals surface area contributed by atoms with Gasteiger partial charge in [-0.05, 0) is 109 Å². The Morgan fingerprint density at radius 2 is 1.38 bits per heavy atom. The second-order valence-electron chi connectivity index (χ2n) is 14.4. The van der Waals surface area contributed by atoms with Gasteiger partial charge < -0.3 is 14.7 Å². The Kier molecular flexibility index (Phi) is 9.79. The molecule has 0 N–H and O–H groups in total. The molecule has 1 aliphatic carbocycles. The molecule has 3 aliphatic rings. The van der Waals surface area contributed by atoms with E-state index in [-0.39, 0.29) is 0 Å². The van der Waals surface area contributed by atoms with E-state index in [0.29, 0.717) is 11.8 Å². The molecule has 0 aromatic heterocycles. The lowest BCUT2D eigenvalue weighted by Crippen LogP contribution is -2.49. The Bertz CT molecular complexity index is 1610. The first kappa shape index (κ1) is 31.7. The van der Waals surface area contributed by atoms with Crippen molar-refractivity contribution in [3.8, 4) is 0 Å². The number of hydrogen-bond acceptors (Lipinski definition) is 4. The Labute approximate surface area is 283 Å². The fourth-order valence-corrected chi connectivity index (χ4v) is 8.52. The molecule has 0 saturated carbocycles. The Morgan fingerprint density at radius 3 is 2.11 bits per heavy atom. The van der Waals surface area contributed by atoms with Crippen molar-refractivity contribution in [1.29, 1.82) is 0 Å². The quantitative estimate of drug-likeness (QED) is 0.186. The van der Waals surface area contributed by atoms with Crippen molar-refractivity contribution in [2.75, 3.05) is 69.7 Å². The molecule has 2 heterocycles. The van der Waals surface area contributed by atoms with E-state index in [2.05, 4.69) is 137 Å². The summed E-state index contributed by atoms with van der Waals surface area (Å²) >= 11 is 0. The van der Waals surface area contributed by atoms with Gasteiger partial charge in [0, 0.05) is 69.7 Å². The molecular formula is C43H52N4. The van der Waals surface area contributed by atoms with Crippen LogP contribution in [0.1, 0.15) is 64.5 Å². The zero-order valence-corrected chi connectivity index (χ0v) is 28.5. The summed E-state index contributed by atoms with van der Waals surface area (Å²) in [6.07, 6.45) is 6.92. The molecule has 4 aromatic rings. The summed E-state index contributed by atoms with van der Waals surface area (Å²) in [5.41, 5.74) is 11.3. The predicted octanol–water partition coefficient (Wildman–Crippen LogP) is 8.29. The summed E-state index contributed by atoms with van der Waals surface area (Å²) in [6.45, 7) is 13.1. The van der Waals surface area contributed by atoms with Crippen molar-refractivity contribution in [2.24, 2.45) is 5.92 Å². The highest BCUT2D eigenvalue weighted by Crippen LogP contribution is 2.46. The summed E-state index contributed by atoms with van der Waals surface area (Å²) in [5.74, 6) is 1.73. The Balaban J connectivity index is 0.937. The smallest absolute Gasteiger partial charge is 0.0370 e. The number of aryl methyl sites for hydroxylation is 1. The van der Waals surface area contributed by atoms with Crippen molar-refractivity contribution in [1.82, 2.24) is 9.80 Å². The average Bonchev–Trinajstić information content (AvgIpc) is 3.12. The van der Waals surface area contributed by atoms with Gasteiger partial charge in [0.1, 0.15) is 0 Å². The number of piperidine rings is 1. The number of fused-ring (bicyclic) bond motifs is 1. The maximum Gasteiger partial charge on any atom is 0.0370 e. The molecule has 2 fully saturated rings. The number of rotatable bonds is 9. The topological polar surface area (TPSA) is 13.0 Å². The zero-order valence-electron chi connectivity index (χ0n) is 28.5. The minimum atomic E-state index is 0.411. The number of benzene rings is 4. The van der Waals surface area contributed by atoms with Gasteiger partial charge in [-0.15, -0.1) is 0 Å². The van der Waals surface area contributed by atoms with Crippen LogP contribution in [0.4, 0.5) is 11.4 Å². The van der Waals surface area contributed by atoms with Crippen LogP contribution in [0.25, 0.3) is 6.08 Å². The summed E-state index contributed by atoms with van der Waals surface area (Å²) < 4.78 is 0. The normalized spacial score (nSPS) is 20.7. The van der Waals surface area contributed by atoms with E-state index in [4.69, 9.17) is 0 Å². The second-order valence-corrected chi connectivity index (χ2v) is 14.4. The standard InChI is InChI=1S/C43H52N4/c1-4-34-14-20-40(30-38(34)32-44(2)3)47-28-26-45(27-29-47)31-33-22-24-46(25-23-33)39-18-15-37(16-19-39)43-41-13-9-8-12-36(41)17-21-42(43)35-10-6-5-7-11-35/h4-16,18-20,30,33,42-43H,1,17,21-29,31-32H2,2-3H3. The molecule has 4 aromatic carbocycles. The molecule has 2 saturated heterocycles. The highest BCUT2D eigenvalue weighted by Gasteiger charge is 2.32. The first-order valence-corrected chi connectivity index (χ1v) is 17.9. The number of piperazine rings is 1. The lowest BCUT2D eigenvalue weighted by Gasteiger charge is -2.40. The lowest BCUT2D eigenvalue weighted by atomic mass is 9.69. The highest BCUT2D eigenvalue weighted by molar-refractivity contribution is 5.60. The van der Waals surface area contributed by atoms with Crippen LogP contribution < -0.4 is 9.80 Å². The number of hydrogen-bond donors (Lipinski definition) is 0. The van der Waals surface area contributed by atoms with Crippen LogP contribution in [-0.2, 0) is 13.0 Å². The molecule has 0 bridgehead atoms. The van der Waals surface area contributed by atoms with E-state index in [1.54, 1.807) is 0 Å². The molecule has 0 radical (unpaired) electrons. The van der Waals surface area contributed by atoms with E-state index < -0.39 is 0 Å². The predicted molar refractivity (Wildman–Crippen MR) is 200 cm³/mol. The SMILES string of the molecule is C=Cc1ccc(N2CCN(CC3CCN(c4ccc(C5c6ccccc6CCC5c5ccccc5)cc4)CC3)CC2)cc1CN(C)C. The van der Waals surface area contributed by atoms with Crippen molar-refractivity contribution in [3.05, 3.63) is 137 Å². The van der Waals surface area contributed by atoms with E-state index in [1.165, 1.54) is 70.6 Å². The van der Waals surface area contributed by atoms with Crippen molar-refractivity contribution >= 4 is 17.5 Å². The van der Waals surface area contributed by atoms with Crippen LogP contribution in [0.3, 0.4) is 0 Å². The Morgan fingerprint density at radius 1 is 0.702 bits per heavy atom. The van der Waals surface area contributed by atoms with E-state index >= 15 is 0 Å². The van der Waals surface area contributed by atoms with Gasteiger partial charge in [-0.25, -0.2) is 0 Å². The molecule has 244 valence electrons.